The van der Waals surface area contributed by atoms with Crippen LogP contribution in [0.25, 0.3) is 0 Å². The van der Waals surface area contributed by atoms with Crippen LogP contribution < -0.4 is 0 Å². The summed E-state index contributed by atoms with van der Waals surface area (Å²) in [6.07, 6.45) is -3.98. The standard InChI is InChI=1S/C13H18F3NO6S/c1-23-12(20)7-3-2-4-10(7)24(21,22)17-5-8(11(18)19)9(6-17)13(14,15)16/h7-10H,2-6H2,1H3,(H,18,19)/t7?,8-,9-,10?/m1/s1. The molecular weight excluding hydrogens is 355 g/mol. The first-order valence-corrected chi connectivity index (χ1v) is 8.86. The average molecular weight is 373 g/mol. The molecule has 1 N–H and O–H groups in total. The van der Waals surface area contributed by atoms with Gasteiger partial charge >= 0.3 is 18.1 Å². The third-order valence-corrected chi connectivity index (χ3v) is 7.07. The topological polar surface area (TPSA) is 101 Å². The van der Waals surface area contributed by atoms with E-state index in [1.807, 2.05) is 0 Å². The van der Waals surface area contributed by atoms with Crippen molar-refractivity contribution in [3.63, 3.8) is 0 Å². The number of hydrogen-bond donors (Lipinski definition) is 1. The van der Waals surface area contributed by atoms with Gasteiger partial charge in [0, 0.05) is 13.1 Å². The van der Waals surface area contributed by atoms with Crippen LogP contribution in [0.2, 0.25) is 0 Å². The molecule has 11 heteroatoms. The number of alkyl halides is 3. The van der Waals surface area contributed by atoms with Crippen LogP contribution in [-0.4, -0.2) is 61.4 Å². The second-order valence-corrected chi connectivity index (χ2v) is 8.21. The molecule has 2 aliphatic rings. The summed E-state index contributed by atoms with van der Waals surface area (Å²) in [4.78, 5) is 22.8. The fourth-order valence-corrected chi connectivity index (χ4v) is 5.70. The first-order chi connectivity index (χ1) is 11.0. The van der Waals surface area contributed by atoms with Crippen molar-refractivity contribution in [1.29, 1.82) is 0 Å². The number of rotatable bonds is 4. The largest absolute Gasteiger partial charge is 0.481 e. The highest BCUT2D eigenvalue weighted by Crippen LogP contribution is 2.41. The molecule has 1 saturated carbocycles. The number of aliphatic carboxylic acids is 1. The van der Waals surface area contributed by atoms with Crippen LogP contribution >= 0.6 is 0 Å². The van der Waals surface area contributed by atoms with Gasteiger partial charge in [-0.2, -0.15) is 13.2 Å². The Hall–Kier alpha value is -1.36. The average Bonchev–Trinajstić information content (AvgIpc) is 3.12. The third kappa shape index (κ3) is 3.37. The third-order valence-electron chi connectivity index (χ3n) is 4.72. The summed E-state index contributed by atoms with van der Waals surface area (Å²) in [6.45, 7) is -1.68. The maximum absolute atomic E-state index is 13.0. The van der Waals surface area contributed by atoms with Crippen molar-refractivity contribution in [2.75, 3.05) is 20.2 Å². The Morgan fingerprint density at radius 1 is 1.17 bits per heavy atom. The van der Waals surface area contributed by atoms with Crippen molar-refractivity contribution in [2.24, 2.45) is 17.8 Å². The maximum Gasteiger partial charge on any atom is 0.393 e. The summed E-state index contributed by atoms with van der Waals surface area (Å²) in [5.74, 6) is -7.46. The summed E-state index contributed by atoms with van der Waals surface area (Å²) in [5, 5.41) is 7.80. The Labute approximate surface area is 136 Å². The van der Waals surface area contributed by atoms with E-state index in [0.717, 1.165) is 7.11 Å². The van der Waals surface area contributed by atoms with Gasteiger partial charge in [-0.05, 0) is 12.8 Å². The van der Waals surface area contributed by atoms with Crippen molar-refractivity contribution in [3.05, 3.63) is 0 Å². The zero-order valence-electron chi connectivity index (χ0n) is 12.8. The molecule has 2 unspecified atom stereocenters. The number of methoxy groups -OCH3 is 1. The minimum absolute atomic E-state index is 0.132. The maximum atomic E-state index is 13.0. The van der Waals surface area contributed by atoms with E-state index in [1.54, 1.807) is 0 Å². The number of carbonyl (C=O) groups excluding carboxylic acids is 1. The fourth-order valence-electron chi connectivity index (χ4n) is 3.45. The number of esters is 1. The molecular formula is C13H18F3NO6S. The van der Waals surface area contributed by atoms with E-state index in [0.29, 0.717) is 10.7 Å². The van der Waals surface area contributed by atoms with Gasteiger partial charge in [-0.25, -0.2) is 12.7 Å². The first-order valence-electron chi connectivity index (χ1n) is 7.36. The number of ether oxygens (including phenoxy) is 1. The van der Waals surface area contributed by atoms with Crippen molar-refractivity contribution in [3.8, 4) is 0 Å². The van der Waals surface area contributed by atoms with Crippen LogP contribution in [0.3, 0.4) is 0 Å². The lowest BCUT2D eigenvalue weighted by molar-refractivity contribution is -0.187. The molecule has 0 aromatic carbocycles. The summed E-state index contributed by atoms with van der Waals surface area (Å²) in [7, 11) is -3.12. The van der Waals surface area contributed by atoms with Gasteiger partial charge in [0.2, 0.25) is 10.0 Å². The number of carboxylic acid groups (broad SMARTS) is 1. The molecule has 24 heavy (non-hydrogen) atoms. The molecule has 7 nitrogen and oxygen atoms in total. The van der Waals surface area contributed by atoms with E-state index in [4.69, 9.17) is 5.11 Å². The molecule has 0 spiro atoms. The molecule has 0 aromatic heterocycles. The fraction of sp³-hybridized carbons (Fsp3) is 0.846. The summed E-state index contributed by atoms with van der Waals surface area (Å²) in [5.41, 5.74) is 0. The highest BCUT2D eigenvalue weighted by atomic mass is 32.2. The second kappa shape index (κ2) is 6.51. The van der Waals surface area contributed by atoms with Gasteiger partial charge in [0.05, 0.1) is 30.1 Å². The first kappa shape index (κ1) is 19.0. The Balaban J connectivity index is 2.27. The highest BCUT2D eigenvalue weighted by molar-refractivity contribution is 7.89. The molecule has 1 saturated heterocycles. The Morgan fingerprint density at radius 2 is 1.79 bits per heavy atom. The van der Waals surface area contributed by atoms with Gasteiger partial charge in [0.25, 0.3) is 0 Å². The lowest BCUT2D eigenvalue weighted by atomic mass is 9.96. The van der Waals surface area contributed by atoms with Gasteiger partial charge < -0.3 is 9.84 Å². The summed E-state index contributed by atoms with van der Waals surface area (Å²) in [6, 6.07) is 0. The van der Waals surface area contributed by atoms with E-state index in [2.05, 4.69) is 4.74 Å². The predicted octanol–water partition coefficient (Wildman–Crippen LogP) is 0.853. The molecule has 1 heterocycles. The van der Waals surface area contributed by atoms with Gasteiger partial charge in [0.1, 0.15) is 0 Å². The SMILES string of the molecule is COC(=O)C1CCCC1S(=O)(=O)N1C[C@@H](C(F)(F)F)[C@H](C(=O)O)C1. The van der Waals surface area contributed by atoms with Gasteiger partial charge in [-0.15, -0.1) is 0 Å². The number of nitrogens with zero attached hydrogens (tertiary/aromatic N) is 1. The van der Waals surface area contributed by atoms with Crippen molar-refractivity contribution < 1.29 is 41.0 Å². The zero-order chi connectivity index (χ0) is 18.3. The second-order valence-electron chi connectivity index (χ2n) is 6.05. The molecule has 1 aliphatic heterocycles. The van der Waals surface area contributed by atoms with Crippen molar-refractivity contribution in [2.45, 2.75) is 30.7 Å². The highest BCUT2D eigenvalue weighted by Gasteiger charge is 2.56. The van der Waals surface area contributed by atoms with E-state index in [9.17, 15) is 31.2 Å². The summed E-state index contributed by atoms with van der Waals surface area (Å²) < 4.78 is 69.5. The predicted molar refractivity (Wildman–Crippen MR) is 74.3 cm³/mol. The minimum Gasteiger partial charge on any atom is -0.481 e. The molecule has 0 radical (unpaired) electrons. The number of sulfonamides is 1. The molecule has 0 amide bonds. The van der Waals surface area contributed by atoms with Crippen LogP contribution in [0.15, 0.2) is 0 Å². The van der Waals surface area contributed by atoms with E-state index in [1.165, 1.54) is 0 Å². The Bertz CT molecular complexity index is 620. The quantitative estimate of drug-likeness (QED) is 0.734. The molecule has 0 aromatic rings. The molecule has 2 rings (SSSR count). The van der Waals surface area contributed by atoms with Gasteiger partial charge in [0.15, 0.2) is 0 Å². The number of carboxylic acids is 1. The van der Waals surface area contributed by atoms with E-state index >= 15 is 0 Å². The monoisotopic (exact) mass is 373 g/mol. The number of halogens is 3. The van der Waals surface area contributed by atoms with Crippen LogP contribution in [0.4, 0.5) is 13.2 Å². The Kier molecular flexibility index (Phi) is 5.14. The van der Waals surface area contributed by atoms with E-state index in [-0.39, 0.29) is 12.8 Å². The molecule has 138 valence electrons. The van der Waals surface area contributed by atoms with Gasteiger partial charge in [-0.1, -0.05) is 6.42 Å². The zero-order valence-corrected chi connectivity index (χ0v) is 13.6. The van der Waals surface area contributed by atoms with E-state index < -0.39 is 64.2 Å². The molecule has 1 aliphatic carbocycles. The van der Waals surface area contributed by atoms with Crippen LogP contribution in [0, 0.1) is 17.8 Å². The van der Waals surface area contributed by atoms with Crippen LogP contribution in [-0.2, 0) is 24.3 Å². The lowest BCUT2D eigenvalue weighted by Gasteiger charge is -2.24. The van der Waals surface area contributed by atoms with Gasteiger partial charge in [-0.3, -0.25) is 9.59 Å². The smallest absolute Gasteiger partial charge is 0.393 e. The summed E-state index contributed by atoms with van der Waals surface area (Å²) >= 11 is 0. The van der Waals surface area contributed by atoms with Crippen molar-refractivity contribution in [1.82, 2.24) is 4.31 Å². The normalized spacial score (nSPS) is 32.0. The molecule has 2 fully saturated rings. The number of carbonyl (C=O) groups is 2. The van der Waals surface area contributed by atoms with Crippen LogP contribution in [0.5, 0.6) is 0 Å². The van der Waals surface area contributed by atoms with Crippen molar-refractivity contribution >= 4 is 22.0 Å². The number of hydrogen-bond acceptors (Lipinski definition) is 5. The minimum atomic E-state index is -4.81. The molecule has 0 bridgehead atoms. The van der Waals surface area contributed by atoms with Crippen LogP contribution in [0.1, 0.15) is 19.3 Å². The molecule has 4 atom stereocenters. The lowest BCUT2D eigenvalue weighted by Crippen LogP contribution is -2.42. The Morgan fingerprint density at radius 3 is 2.25 bits per heavy atom.